The van der Waals surface area contributed by atoms with Crippen LogP contribution in [0.25, 0.3) is 0 Å². The van der Waals surface area contributed by atoms with Gasteiger partial charge in [0.15, 0.2) is 0 Å². The van der Waals surface area contributed by atoms with Crippen LogP contribution in [0, 0.1) is 5.41 Å². The fourth-order valence-corrected chi connectivity index (χ4v) is 4.38. The highest BCUT2D eigenvalue weighted by atomic mass is 32.2. The van der Waals surface area contributed by atoms with Crippen LogP contribution in [0.3, 0.4) is 0 Å². The molecule has 21 heavy (non-hydrogen) atoms. The van der Waals surface area contributed by atoms with Crippen LogP contribution in [0.15, 0.2) is 0 Å². The second-order valence-electron chi connectivity index (χ2n) is 7.15. The molecule has 0 bridgehead atoms. The fraction of sp³-hybridized carbons (Fsp3) is 0.929. The van der Waals surface area contributed by atoms with Crippen LogP contribution in [-0.4, -0.2) is 68.2 Å². The van der Waals surface area contributed by atoms with Gasteiger partial charge < -0.3 is 4.74 Å². The Morgan fingerprint density at radius 2 is 1.81 bits per heavy atom. The Bertz CT molecular complexity index is 520. The Balaban J connectivity index is 2.33. The molecule has 2 fully saturated rings. The average Bonchev–Trinajstić information content (AvgIpc) is 3.16. The summed E-state index contributed by atoms with van der Waals surface area (Å²) >= 11 is 0. The van der Waals surface area contributed by atoms with Crippen molar-refractivity contribution in [3.05, 3.63) is 0 Å². The molecule has 1 atom stereocenters. The quantitative estimate of drug-likeness (QED) is 0.716. The Kier molecular flexibility index (Phi) is 4.14. The number of ether oxygens (including phenoxy) is 1. The first-order valence-corrected chi connectivity index (χ1v) is 9.17. The van der Waals surface area contributed by atoms with Crippen molar-refractivity contribution >= 4 is 16.0 Å². The van der Waals surface area contributed by atoms with Gasteiger partial charge in [0.2, 0.25) is 10.0 Å². The van der Waals surface area contributed by atoms with Crippen molar-refractivity contribution in [1.82, 2.24) is 9.21 Å². The van der Waals surface area contributed by atoms with Gasteiger partial charge in [-0.05, 0) is 33.6 Å². The summed E-state index contributed by atoms with van der Waals surface area (Å²) in [5.41, 5.74) is -0.699. The number of nitrogens with zero attached hydrogens (tertiary/aromatic N) is 2. The van der Waals surface area contributed by atoms with Crippen molar-refractivity contribution in [2.45, 2.75) is 45.2 Å². The lowest BCUT2D eigenvalue weighted by molar-refractivity contribution is -0.150. The molecule has 0 radical (unpaired) electrons. The lowest BCUT2D eigenvalue weighted by Crippen LogP contribution is -2.63. The van der Waals surface area contributed by atoms with E-state index in [1.807, 2.05) is 0 Å². The zero-order chi connectivity index (χ0) is 16.1. The summed E-state index contributed by atoms with van der Waals surface area (Å²) in [5, 5.41) is 0. The molecule has 0 aromatic heterocycles. The molecule has 1 aliphatic carbocycles. The summed E-state index contributed by atoms with van der Waals surface area (Å²) in [7, 11) is -1.96. The number of rotatable bonds is 3. The van der Waals surface area contributed by atoms with E-state index in [0.717, 1.165) is 0 Å². The number of piperazine rings is 1. The van der Waals surface area contributed by atoms with Crippen molar-refractivity contribution in [3.63, 3.8) is 0 Å². The van der Waals surface area contributed by atoms with Crippen LogP contribution in [0.4, 0.5) is 0 Å². The van der Waals surface area contributed by atoms with E-state index in [9.17, 15) is 13.2 Å². The topological polar surface area (TPSA) is 66.9 Å². The van der Waals surface area contributed by atoms with Crippen LogP contribution < -0.4 is 0 Å². The lowest BCUT2D eigenvalue weighted by Gasteiger charge is -2.47. The molecule has 6 nitrogen and oxygen atoms in total. The summed E-state index contributed by atoms with van der Waals surface area (Å²) < 4.78 is 30.6. The molecule has 2 rings (SSSR count). The molecule has 1 heterocycles. The van der Waals surface area contributed by atoms with Gasteiger partial charge in [-0.25, -0.2) is 8.42 Å². The monoisotopic (exact) mass is 318 g/mol. The number of sulfonamides is 1. The number of methoxy groups -OCH3 is 1. The zero-order valence-electron chi connectivity index (χ0n) is 13.5. The Labute approximate surface area is 127 Å². The largest absolute Gasteiger partial charge is 0.469 e. The minimum Gasteiger partial charge on any atom is -0.469 e. The normalized spacial score (nSPS) is 27.4. The van der Waals surface area contributed by atoms with Gasteiger partial charge in [0, 0.05) is 25.2 Å². The summed E-state index contributed by atoms with van der Waals surface area (Å²) in [6.45, 7) is 8.02. The first-order chi connectivity index (χ1) is 9.52. The van der Waals surface area contributed by atoms with Gasteiger partial charge in [-0.1, -0.05) is 0 Å². The highest BCUT2D eigenvalue weighted by molar-refractivity contribution is 7.88. The number of esters is 1. The number of carbonyl (C=O) groups excluding carboxylic acids is 1. The molecule has 2 aliphatic rings. The summed E-state index contributed by atoms with van der Waals surface area (Å²) in [5.74, 6) is -0.281. The van der Waals surface area contributed by atoms with E-state index in [1.165, 1.54) is 17.7 Å². The smallest absolute Gasteiger partial charge is 0.313 e. The second kappa shape index (κ2) is 5.21. The molecule has 0 N–H and O–H groups in total. The maximum absolute atomic E-state index is 12.2. The molecule has 0 spiro atoms. The van der Waals surface area contributed by atoms with E-state index in [2.05, 4.69) is 25.7 Å². The molecule has 0 amide bonds. The lowest BCUT2D eigenvalue weighted by atomic mass is 9.92. The number of hydrogen-bond acceptors (Lipinski definition) is 5. The molecular weight excluding hydrogens is 292 g/mol. The van der Waals surface area contributed by atoms with Crippen molar-refractivity contribution < 1.29 is 17.9 Å². The third-order valence-corrected chi connectivity index (χ3v) is 6.01. The second-order valence-corrected chi connectivity index (χ2v) is 9.09. The van der Waals surface area contributed by atoms with Crippen molar-refractivity contribution in [2.24, 2.45) is 5.41 Å². The first kappa shape index (κ1) is 16.7. The molecule has 122 valence electrons. The molecule has 0 aromatic carbocycles. The summed E-state index contributed by atoms with van der Waals surface area (Å²) in [6, 6.07) is -0.326. The van der Waals surface area contributed by atoms with Crippen molar-refractivity contribution in [1.29, 1.82) is 0 Å². The van der Waals surface area contributed by atoms with E-state index in [1.54, 1.807) is 0 Å². The summed E-state index contributed by atoms with van der Waals surface area (Å²) in [4.78, 5) is 14.4. The van der Waals surface area contributed by atoms with Gasteiger partial charge in [-0.15, -0.1) is 0 Å². The predicted octanol–water partition coefficient (Wildman–Crippen LogP) is 0.684. The van der Waals surface area contributed by atoms with Crippen LogP contribution in [-0.2, 0) is 19.6 Å². The number of carbonyl (C=O) groups is 1. The van der Waals surface area contributed by atoms with E-state index in [-0.39, 0.29) is 17.6 Å². The standard InChI is InChI=1S/C14H26N2O4S/c1-13(2,3)15-8-9-16(21(5,18)19)11(10-15)14(6-7-14)12(17)20-4/h11H,6-10H2,1-5H3. The van der Waals surface area contributed by atoms with Gasteiger partial charge in [0.1, 0.15) is 0 Å². The van der Waals surface area contributed by atoms with Gasteiger partial charge in [0.25, 0.3) is 0 Å². The Hall–Kier alpha value is -0.660. The Morgan fingerprint density at radius 3 is 2.19 bits per heavy atom. The van der Waals surface area contributed by atoms with Crippen LogP contribution in [0.1, 0.15) is 33.6 Å². The van der Waals surface area contributed by atoms with Gasteiger partial charge in [-0.2, -0.15) is 4.31 Å². The average molecular weight is 318 g/mol. The Morgan fingerprint density at radius 1 is 1.24 bits per heavy atom. The van der Waals surface area contributed by atoms with E-state index >= 15 is 0 Å². The van der Waals surface area contributed by atoms with Gasteiger partial charge >= 0.3 is 5.97 Å². The number of hydrogen-bond donors (Lipinski definition) is 0. The maximum atomic E-state index is 12.2. The van der Waals surface area contributed by atoms with Crippen LogP contribution in [0.2, 0.25) is 0 Å². The van der Waals surface area contributed by atoms with Crippen LogP contribution >= 0.6 is 0 Å². The zero-order valence-corrected chi connectivity index (χ0v) is 14.4. The minimum absolute atomic E-state index is 0.0476. The molecule has 1 aliphatic heterocycles. The molecule has 1 saturated carbocycles. The third-order valence-electron chi connectivity index (χ3n) is 4.72. The first-order valence-electron chi connectivity index (χ1n) is 7.33. The van der Waals surface area contributed by atoms with E-state index in [0.29, 0.717) is 32.5 Å². The minimum atomic E-state index is -3.33. The molecule has 7 heteroatoms. The van der Waals surface area contributed by atoms with E-state index < -0.39 is 15.4 Å². The van der Waals surface area contributed by atoms with Crippen LogP contribution in [0.5, 0.6) is 0 Å². The maximum Gasteiger partial charge on any atom is 0.313 e. The molecule has 1 unspecified atom stereocenters. The van der Waals surface area contributed by atoms with Crippen molar-refractivity contribution in [3.8, 4) is 0 Å². The SMILES string of the molecule is COC(=O)C1(C2CN(C(C)(C)C)CCN2S(C)(=O)=O)CC1. The van der Waals surface area contributed by atoms with Crippen molar-refractivity contribution in [2.75, 3.05) is 33.0 Å². The molecule has 0 aromatic rings. The third kappa shape index (κ3) is 3.10. The highest BCUT2D eigenvalue weighted by Gasteiger charge is 2.61. The highest BCUT2D eigenvalue weighted by Crippen LogP contribution is 2.53. The summed E-state index contributed by atoms with van der Waals surface area (Å²) in [6.07, 6.45) is 2.63. The fourth-order valence-electron chi connectivity index (χ4n) is 3.23. The van der Waals surface area contributed by atoms with E-state index in [4.69, 9.17) is 4.74 Å². The van der Waals surface area contributed by atoms with Gasteiger partial charge in [-0.3, -0.25) is 9.69 Å². The van der Waals surface area contributed by atoms with Gasteiger partial charge in [0.05, 0.1) is 24.8 Å². The molecular formula is C14H26N2O4S. The molecule has 1 saturated heterocycles. The predicted molar refractivity (Wildman–Crippen MR) is 80.3 cm³/mol.